The molecule has 0 bridgehead atoms. The van der Waals surface area contributed by atoms with Crippen LogP contribution in [0.5, 0.6) is 0 Å². The Hall–Kier alpha value is -2.06. The molecule has 2 aliphatic rings. The summed E-state index contributed by atoms with van der Waals surface area (Å²) < 4.78 is 40.7. The molecule has 162 valence electrons. The molecule has 0 spiro atoms. The number of anilines is 1. The summed E-state index contributed by atoms with van der Waals surface area (Å²) in [5.41, 5.74) is 2.43. The van der Waals surface area contributed by atoms with Crippen molar-refractivity contribution < 1.29 is 12.8 Å². The zero-order valence-corrected chi connectivity index (χ0v) is 18.5. The van der Waals surface area contributed by atoms with Gasteiger partial charge in [0.2, 0.25) is 10.0 Å². The average Bonchev–Trinajstić information content (AvgIpc) is 3.56. The summed E-state index contributed by atoms with van der Waals surface area (Å²) >= 11 is 0. The third-order valence-corrected chi connectivity index (χ3v) is 7.95. The minimum absolute atomic E-state index is 0.185. The molecule has 4 rings (SSSR count). The van der Waals surface area contributed by atoms with Crippen LogP contribution in [0.2, 0.25) is 0 Å². The quantitative estimate of drug-likeness (QED) is 0.672. The Labute approximate surface area is 178 Å². The van der Waals surface area contributed by atoms with E-state index in [1.165, 1.54) is 6.07 Å². The highest BCUT2D eigenvalue weighted by molar-refractivity contribution is 7.89. The molecule has 0 unspecified atom stereocenters. The molecule has 2 heterocycles. The van der Waals surface area contributed by atoms with Gasteiger partial charge in [-0.2, -0.15) is 4.31 Å². The predicted octanol–water partition coefficient (Wildman–Crippen LogP) is 3.25. The zero-order chi connectivity index (χ0) is 21.3. The van der Waals surface area contributed by atoms with Crippen molar-refractivity contribution in [1.29, 1.82) is 0 Å². The lowest BCUT2D eigenvalue weighted by Crippen LogP contribution is -2.49. The number of halogens is 1. The van der Waals surface area contributed by atoms with Crippen molar-refractivity contribution in [2.24, 2.45) is 0 Å². The standard InChI is InChI=1S/C22H29FN4O2S/c1-3-14-30(28,29)27-12-10-26(11-13-27)22-19(15-18-6-4-5-7-20(18)23)16(2)24-21(25-22)17-8-9-17/h4-7,17H,3,8-15H2,1-2H3. The first kappa shape index (κ1) is 21.2. The van der Waals surface area contributed by atoms with Crippen molar-refractivity contribution in [2.75, 3.05) is 36.8 Å². The zero-order valence-electron chi connectivity index (χ0n) is 17.6. The molecule has 1 aromatic carbocycles. The lowest BCUT2D eigenvalue weighted by molar-refractivity contribution is 0.383. The number of rotatable bonds is 7. The van der Waals surface area contributed by atoms with Crippen LogP contribution in [0.4, 0.5) is 10.2 Å². The van der Waals surface area contributed by atoms with E-state index in [-0.39, 0.29) is 11.6 Å². The number of sulfonamides is 1. The van der Waals surface area contributed by atoms with Crippen molar-refractivity contribution >= 4 is 15.8 Å². The second kappa shape index (κ2) is 8.59. The maximum atomic E-state index is 14.3. The summed E-state index contributed by atoms with van der Waals surface area (Å²) in [5.74, 6) is 2.06. The van der Waals surface area contributed by atoms with E-state index in [2.05, 4.69) is 4.90 Å². The van der Waals surface area contributed by atoms with Gasteiger partial charge >= 0.3 is 0 Å². The van der Waals surface area contributed by atoms with Gasteiger partial charge in [-0.1, -0.05) is 25.1 Å². The number of aryl methyl sites for hydroxylation is 1. The number of aromatic nitrogens is 2. The molecule has 1 saturated carbocycles. The first-order valence-corrected chi connectivity index (χ1v) is 12.3. The van der Waals surface area contributed by atoms with Crippen molar-refractivity contribution in [3.8, 4) is 0 Å². The van der Waals surface area contributed by atoms with E-state index in [1.807, 2.05) is 19.9 Å². The predicted molar refractivity (Wildman–Crippen MR) is 116 cm³/mol. The summed E-state index contributed by atoms with van der Waals surface area (Å²) in [6.07, 6.45) is 3.25. The molecule has 0 radical (unpaired) electrons. The van der Waals surface area contributed by atoms with Gasteiger partial charge in [0.05, 0.1) is 5.75 Å². The highest BCUT2D eigenvalue weighted by Crippen LogP contribution is 2.39. The van der Waals surface area contributed by atoms with E-state index < -0.39 is 10.0 Å². The Morgan fingerprint density at radius 2 is 1.80 bits per heavy atom. The Balaban J connectivity index is 1.62. The van der Waals surface area contributed by atoms with Crippen LogP contribution in [-0.4, -0.2) is 54.6 Å². The molecule has 1 aliphatic heterocycles. The van der Waals surface area contributed by atoms with Gasteiger partial charge < -0.3 is 4.90 Å². The number of hydrogen-bond acceptors (Lipinski definition) is 5. The van der Waals surface area contributed by atoms with Gasteiger partial charge in [0, 0.05) is 49.8 Å². The number of hydrogen-bond donors (Lipinski definition) is 0. The summed E-state index contributed by atoms with van der Waals surface area (Å²) in [5, 5.41) is 0. The van der Waals surface area contributed by atoms with Gasteiger partial charge in [-0.3, -0.25) is 0 Å². The normalized spacial score (nSPS) is 18.0. The Bertz CT molecular complexity index is 1020. The van der Waals surface area contributed by atoms with Crippen molar-refractivity contribution in [2.45, 2.75) is 45.4 Å². The maximum absolute atomic E-state index is 14.3. The van der Waals surface area contributed by atoms with Crippen LogP contribution in [0.25, 0.3) is 0 Å². The largest absolute Gasteiger partial charge is 0.354 e. The maximum Gasteiger partial charge on any atom is 0.214 e. The third-order valence-electron chi connectivity index (χ3n) is 5.87. The van der Waals surface area contributed by atoms with Gasteiger partial charge in [0.25, 0.3) is 0 Å². The van der Waals surface area contributed by atoms with Gasteiger partial charge in [-0.25, -0.2) is 22.8 Å². The van der Waals surface area contributed by atoms with Crippen molar-refractivity contribution in [3.63, 3.8) is 0 Å². The minimum Gasteiger partial charge on any atom is -0.354 e. The molecule has 6 nitrogen and oxygen atoms in total. The topological polar surface area (TPSA) is 66.4 Å². The molecule has 2 fully saturated rings. The molecule has 1 aliphatic carbocycles. The highest BCUT2D eigenvalue weighted by atomic mass is 32.2. The van der Waals surface area contributed by atoms with Gasteiger partial charge in [0.15, 0.2) is 0 Å². The molecule has 1 saturated heterocycles. The first-order chi connectivity index (χ1) is 14.4. The van der Waals surface area contributed by atoms with E-state index in [0.717, 1.165) is 35.7 Å². The molecular weight excluding hydrogens is 403 g/mol. The van der Waals surface area contributed by atoms with Gasteiger partial charge in [0.1, 0.15) is 17.5 Å². The van der Waals surface area contributed by atoms with E-state index in [0.29, 0.717) is 50.5 Å². The molecule has 0 amide bonds. The summed E-state index contributed by atoms with van der Waals surface area (Å²) in [6, 6.07) is 6.79. The summed E-state index contributed by atoms with van der Waals surface area (Å²) in [4.78, 5) is 11.8. The van der Waals surface area contributed by atoms with Crippen LogP contribution in [0, 0.1) is 12.7 Å². The van der Waals surface area contributed by atoms with Gasteiger partial charge in [-0.05, 0) is 37.8 Å². The SMILES string of the molecule is CCCS(=O)(=O)N1CCN(c2nc(C3CC3)nc(C)c2Cc2ccccc2F)CC1. The molecule has 0 atom stereocenters. The molecule has 1 aromatic heterocycles. The third kappa shape index (κ3) is 4.49. The minimum atomic E-state index is -3.20. The smallest absolute Gasteiger partial charge is 0.214 e. The van der Waals surface area contributed by atoms with Crippen LogP contribution in [-0.2, 0) is 16.4 Å². The fourth-order valence-electron chi connectivity index (χ4n) is 3.99. The highest BCUT2D eigenvalue weighted by Gasteiger charge is 2.31. The average molecular weight is 433 g/mol. The summed E-state index contributed by atoms with van der Waals surface area (Å²) in [6.45, 7) is 5.90. The van der Waals surface area contributed by atoms with Crippen molar-refractivity contribution in [3.05, 3.63) is 52.7 Å². The van der Waals surface area contributed by atoms with Crippen molar-refractivity contribution in [1.82, 2.24) is 14.3 Å². The fraction of sp³-hybridized carbons (Fsp3) is 0.545. The van der Waals surface area contributed by atoms with E-state index >= 15 is 0 Å². The van der Waals surface area contributed by atoms with Crippen LogP contribution in [0.1, 0.15) is 54.7 Å². The molecule has 30 heavy (non-hydrogen) atoms. The van der Waals surface area contributed by atoms with E-state index in [4.69, 9.17) is 9.97 Å². The molecular formula is C22H29FN4O2S. The number of nitrogens with zero attached hydrogens (tertiary/aromatic N) is 4. The molecule has 2 aromatic rings. The lowest BCUT2D eigenvalue weighted by Gasteiger charge is -2.36. The number of piperazine rings is 1. The second-order valence-corrected chi connectivity index (χ2v) is 10.3. The van der Waals surface area contributed by atoms with E-state index in [9.17, 15) is 12.8 Å². The summed E-state index contributed by atoms with van der Waals surface area (Å²) in [7, 11) is -3.20. The number of benzene rings is 1. The Morgan fingerprint density at radius 1 is 1.10 bits per heavy atom. The van der Waals surface area contributed by atoms with E-state index in [1.54, 1.807) is 16.4 Å². The first-order valence-electron chi connectivity index (χ1n) is 10.7. The second-order valence-electron chi connectivity index (χ2n) is 8.21. The fourth-order valence-corrected chi connectivity index (χ4v) is 5.49. The van der Waals surface area contributed by atoms with Crippen LogP contribution in [0.15, 0.2) is 24.3 Å². The molecule has 8 heteroatoms. The molecule has 0 N–H and O–H groups in total. The van der Waals surface area contributed by atoms with Crippen LogP contribution >= 0.6 is 0 Å². The Morgan fingerprint density at radius 3 is 2.43 bits per heavy atom. The van der Waals surface area contributed by atoms with Crippen LogP contribution in [0.3, 0.4) is 0 Å². The lowest BCUT2D eigenvalue weighted by atomic mass is 10.0. The Kier molecular flexibility index (Phi) is 6.06. The monoisotopic (exact) mass is 432 g/mol. The van der Waals surface area contributed by atoms with Crippen LogP contribution < -0.4 is 4.90 Å². The van der Waals surface area contributed by atoms with Gasteiger partial charge in [-0.15, -0.1) is 0 Å².